The molecule has 2 aromatic rings. The van der Waals surface area contributed by atoms with Crippen molar-refractivity contribution < 1.29 is 14.0 Å². The van der Waals surface area contributed by atoms with Crippen molar-refractivity contribution in [2.75, 3.05) is 13.1 Å². The van der Waals surface area contributed by atoms with Crippen LogP contribution >= 0.6 is 0 Å². The Morgan fingerprint density at radius 1 is 1.31 bits per heavy atom. The van der Waals surface area contributed by atoms with E-state index in [9.17, 15) is 18.8 Å². The molecular formula is C19H22FN3O3. The van der Waals surface area contributed by atoms with E-state index >= 15 is 0 Å². The quantitative estimate of drug-likeness (QED) is 0.880. The topological polar surface area (TPSA) is 82.3 Å². The van der Waals surface area contributed by atoms with Gasteiger partial charge in [0.2, 0.25) is 11.5 Å². The average molecular weight is 359 g/mol. The molecule has 138 valence electrons. The maximum Gasteiger partial charge on any atom is 0.252 e. The van der Waals surface area contributed by atoms with Gasteiger partial charge in [0.05, 0.1) is 11.6 Å². The summed E-state index contributed by atoms with van der Waals surface area (Å²) >= 11 is 0. The van der Waals surface area contributed by atoms with E-state index in [1.54, 1.807) is 4.90 Å². The summed E-state index contributed by atoms with van der Waals surface area (Å²) in [4.78, 5) is 40.9. The highest BCUT2D eigenvalue weighted by atomic mass is 19.1. The van der Waals surface area contributed by atoms with Gasteiger partial charge in [-0.2, -0.15) is 0 Å². The van der Waals surface area contributed by atoms with Gasteiger partial charge in [-0.25, -0.2) is 4.39 Å². The van der Waals surface area contributed by atoms with Crippen LogP contribution in [0.4, 0.5) is 4.39 Å². The van der Waals surface area contributed by atoms with Crippen molar-refractivity contribution >= 4 is 22.7 Å². The zero-order chi connectivity index (χ0) is 19.1. The number of amides is 2. The molecule has 1 atom stereocenters. The van der Waals surface area contributed by atoms with Crippen LogP contribution in [-0.4, -0.2) is 40.8 Å². The van der Waals surface area contributed by atoms with Crippen LogP contribution in [0.1, 0.15) is 37.6 Å². The fourth-order valence-electron chi connectivity index (χ4n) is 3.27. The van der Waals surface area contributed by atoms with E-state index in [0.717, 1.165) is 6.07 Å². The third-order valence-electron chi connectivity index (χ3n) is 4.26. The number of aromatic nitrogens is 1. The first-order valence-electron chi connectivity index (χ1n) is 8.54. The summed E-state index contributed by atoms with van der Waals surface area (Å²) in [6.45, 7) is 7.17. The van der Waals surface area contributed by atoms with E-state index in [2.05, 4.69) is 10.3 Å². The summed E-state index contributed by atoms with van der Waals surface area (Å²) in [5.41, 5.74) is 0.0200. The Morgan fingerprint density at radius 2 is 2.04 bits per heavy atom. The van der Waals surface area contributed by atoms with Gasteiger partial charge in [-0.05, 0) is 23.6 Å². The highest BCUT2D eigenvalue weighted by molar-refractivity contribution is 6.06. The maximum atomic E-state index is 13.6. The SMILES string of the molecule is CC(C)(C)CN1C[C@H](NC(=O)c2cc(=O)[nH]c3ccc(F)cc23)CC1=O. The summed E-state index contributed by atoms with van der Waals surface area (Å²) in [5.74, 6) is -0.986. The monoisotopic (exact) mass is 359 g/mol. The lowest BCUT2D eigenvalue weighted by molar-refractivity contribution is -0.128. The predicted octanol–water partition coefficient (Wildman–Crippen LogP) is 2.04. The van der Waals surface area contributed by atoms with E-state index < -0.39 is 17.3 Å². The molecule has 1 aliphatic rings. The number of benzene rings is 1. The molecule has 2 N–H and O–H groups in total. The Kier molecular flexibility index (Phi) is 4.56. The molecule has 1 saturated heterocycles. The highest BCUT2D eigenvalue weighted by Crippen LogP contribution is 2.21. The fraction of sp³-hybridized carbons (Fsp3) is 0.421. The molecule has 0 saturated carbocycles. The standard InChI is InChI=1S/C19H22FN3O3/c1-19(2,3)10-23-9-12(7-17(23)25)21-18(26)14-8-16(24)22-15-5-4-11(20)6-13(14)15/h4-6,8,12H,7,9-10H2,1-3H3,(H,21,26)(H,22,24)/t12-/m1/s1. The van der Waals surface area contributed by atoms with E-state index in [1.165, 1.54) is 18.2 Å². The van der Waals surface area contributed by atoms with Crippen LogP contribution in [0, 0.1) is 11.2 Å². The van der Waals surface area contributed by atoms with Crippen LogP contribution in [0.25, 0.3) is 10.9 Å². The molecule has 0 unspecified atom stereocenters. The number of likely N-dealkylation sites (tertiary alicyclic amines) is 1. The fourth-order valence-corrected chi connectivity index (χ4v) is 3.27. The minimum Gasteiger partial charge on any atom is -0.347 e. The molecule has 1 fully saturated rings. The van der Waals surface area contributed by atoms with E-state index in [-0.39, 0.29) is 29.3 Å². The molecule has 6 nitrogen and oxygen atoms in total. The van der Waals surface area contributed by atoms with Gasteiger partial charge in [0.15, 0.2) is 0 Å². The third-order valence-corrected chi connectivity index (χ3v) is 4.26. The Balaban J connectivity index is 1.81. The third kappa shape index (κ3) is 3.92. The zero-order valence-corrected chi connectivity index (χ0v) is 15.1. The lowest BCUT2D eigenvalue weighted by Gasteiger charge is -2.26. The van der Waals surface area contributed by atoms with E-state index in [1.807, 2.05) is 20.8 Å². The average Bonchev–Trinajstić information content (AvgIpc) is 2.84. The summed E-state index contributed by atoms with van der Waals surface area (Å²) < 4.78 is 13.6. The van der Waals surface area contributed by atoms with Crippen LogP contribution in [0.15, 0.2) is 29.1 Å². The summed E-state index contributed by atoms with van der Waals surface area (Å²) in [6, 6.07) is 4.68. The van der Waals surface area contributed by atoms with Gasteiger partial charge in [0, 0.05) is 36.5 Å². The molecule has 3 rings (SSSR count). The maximum absolute atomic E-state index is 13.6. The number of halogens is 1. The molecular weight excluding hydrogens is 337 g/mol. The summed E-state index contributed by atoms with van der Waals surface area (Å²) in [6.07, 6.45) is 0.220. The molecule has 1 aromatic carbocycles. The summed E-state index contributed by atoms with van der Waals surface area (Å²) in [5, 5.41) is 3.13. The molecule has 0 aliphatic carbocycles. The van der Waals surface area contributed by atoms with Crippen LogP contribution in [-0.2, 0) is 4.79 Å². The highest BCUT2D eigenvalue weighted by Gasteiger charge is 2.33. The second-order valence-electron chi connectivity index (χ2n) is 7.95. The second-order valence-corrected chi connectivity index (χ2v) is 7.95. The van der Waals surface area contributed by atoms with Crippen LogP contribution < -0.4 is 10.9 Å². The van der Waals surface area contributed by atoms with E-state index in [0.29, 0.717) is 24.0 Å². The number of rotatable bonds is 3. The van der Waals surface area contributed by atoms with Crippen molar-refractivity contribution in [2.45, 2.75) is 33.2 Å². The number of nitrogens with zero attached hydrogens (tertiary/aromatic N) is 1. The number of fused-ring (bicyclic) bond motifs is 1. The van der Waals surface area contributed by atoms with Gasteiger partial charge in [0.1, 0.15) is 5.82 Å². The molecule has 2 amide bonds. The van der Waals surface area contributed by atoms with Gasteiger partial charge in [0.25, 0.3) is 5.91 Å². The predicted molar refractivity (Wildman–Crippen MR) is 96.4 cm³/mol. The van der Waals surface area contributed by atoms with Crippen molar-refractivity contribution in [3.8, 4) is 0 Å². The number of carbonyl (C=O) groups is 2. The van der Waals surface area contributed by atoms with Gasteiger partial charge >= 0.3 is 0 Å². The Hall–Kier alpha value is -2.70. The van der Waals surface area contributed by atoms with E-state index in [4.69, 9.17) is 0 Å². The number of aromatic amines is 1. The largest absolute Gasteiger partial charge is 0.347 e. The van der Waals surface area contributed by atoms with Gasteiger partial charge in [-0.3, -0.25) is 14.4 Å². The van der Waals surface area contributed by atoms with Crippen molar-refractivity contribution in [3.63, 3.8) is 0 Å². The first-order valence-corrected chi connectivity index (χ1v) is 8.54. The molecule has 1 aromatic heterocycles. The molecule has 0 spiro atoms. The lowest BCUT2D eigenvalue weighted by atomic mass is 9.96. The normalized spacial score (nSPS) is 17.8. The van der Waals surface area contributed by atoms with Crippen LogP contribution in [0.2, 0.25) is 0 Å². The Morgan fingerprint density at radius 3 is 2.73 bits per heavy atom. The van der Waals surface area contributed by atoms with Crippen LogP contribution in [0.3, 0.4) is 0 Å². The molecule has 2 heterocycles. The van der Waals surface area contributed by atoms with Gasteiger partial charge in [-0.15, -0.1) is 0 Å². The van der Waals surface area contributed by atoms with Crippen molar-refractivity contribution in [1.82, 2.24) is 15.2 Å². The number of H-pyrrole nitrogens is 1. The minimum atomic E-state index is -0.494. The Labute approximate surface area is 150 Å². The number of nitrogens with one attached hydrogen (secondary N) is 2. The first kappa shape index (κ1) is 18.1. The molecule has 0 radical (unpaired) electrons. The number of carbonyl (C=O) groups excluding carboxylic acids is 2. The van der Waals surface area contributed by atoms with Crippen LogP contribution in [0.5, 0.6) is 0 Å². The number of pyridine rings is 1. The zero-order valence-electron chi connectivity index (χ0n) is 15.1. The van der Waals surface area contributed by atoms with Gasteiger partial charge in [-0.1, -0.05) is 20.8 Å². The number of hydrogen-bond acceptors (Lipinski definition) is 3. The molecule has 26 heavy (non-hydrogen) atoms. The molecule has 1 aliphatic heterocycles. The minimum absolute atomic E-state index is 0.00737. The summed E-state index contributed by atoms with van der Waals surface area (Å²) in [7, 11) is 0. The smallest absolute Gasteiger partial charge is 0.252 e. The van der Waals surface area contributed by atoms with Crippen molar-refractivity contribution in [3.05, 3.63) is 46.0 Å². The second kappa shape index (κ2) is 6.55. The van der Waals surface area contributed by atoms with Gasteiger partial charge < -0.3 is 15.2 Å². The van der Waals surface area contributed by atoms with Crippen molar-refractivity contribution in [2.24, 2.45) is 5.41 Å². The first-order chi connectivity index (χ1) is 12.1. The molecule has 0 bridgehead atoms. The van der Waals surface area contributed by atoms with Crippen molar-refractivity contribution in [1.29, 1.82) is 0 Å². The molecule has 7 heteroatoms. The Bertz CT molecular complexity index is 930. The lowest BCUT2D eigenvalue weighted by Crippen LogP contribution is -2.39. The number of hydrogen-bond donors (Lipinski definition) is 2.